The summed E-state index contributed by atoms with van der Waals surface area (Å²) in [7, 11) is 0. The number of carbonyl (C=O) groups excluding carboxylic acids is 2. The van der Waals surface area contributed by atoms with Gasteiger partial charge in [-0.1, -0.05) is 30.3 Å². The first-order valence-electron chi connectivity index (χ1n) is 16.7. The van der Waals surface area contributed by atoms with Crippen LogP contribution in [0.2, 0.25) is 0 Å². The Hall–Kier alpha value is -5.40. The number of fused-ring (bicyclic) bond motifs is 2. The smallest absolute Gasteiger partial charge is 0.410 e. The highest BCUT2D eigenvalue weighted by molar-refractivity contribution is 5.69. The molecule has 2 N–H and O–H groups in total. The number of nitrogens with one attached hydrogen (secondary N) is 2. The van der Waals surface area contributed by atoms with Gasteiger partial charge in [-0.25, -0.2) is 18.6 Å². The number of hydrogen-bond acceptors (Lipinski definition) is 8. The zero-order valence-electron chi connectivity index (χ0n) is 28.0. The van der Waals surface area contributed by atoms with Gasteiger partial charge in [-0.2, -0.15) is 10.2 Å². The van der Waals surface area contributed by atoms with Crippen LogP contribution in [-0.4, -0.2) is 69.9 Å². The third-order valence-electron chi connectivity index (χ3n) is 8.50. The quantitative estimate of drug-likeness (QED) is 0.258. The summed E-state index contributed by atoms with van der Waals surface area (Å²) < 4.78 is 14.3. The van der Waals surface area contributed by atoms with Gasteiger partial charge in [-0.3, -0.25) is 19.4 Å². The van der Waals surface area contributed by atoms with Crippen LogP contribution < -0.4 is 11.1 Å². The van der Waals surface area contributed by atoms with E-state index in [9.17, 15) is 19.2 Å². The first kappa shape index (κ1) is 33.5. The summed E-state index contributed by atoms with van der Waals surface area (Å²) in [6.07, 6.45) is 8.24. The third kappa shape index (κ3) is 8.19. The fraction of sp³-hybridized carbons (Fsp3) is 0.429. The molecule has 0 unspecified atom stereocenters. The second kappa shape index (κ2) is 14.4. The largest absolute Gasteiger partial charge is 0.445 e. The van der Waals surface area contributed by atoms with E-state index < -0.39 is 5.60 Å². The van der Waals surface area contributed by atoms with Crippen molar-refractivity contribution in [2.24, 2.45) is 0 Å². The predicted octanol–water partition coefficient (Wildman–Crippen LogP) is 5.37. The van der Waals surface area contributed by atoms with E-state index >= 15 is 0 Å². The highest BCUT2D eigenvalue weighted by atomic mass is 16.6. The Kier molecular flexibility index (Phi) is 9.83. The fourth-order valence-electron chi connectivity index (χ4n) is 6.22. The van der Waals surface area contributed by atoms with Gasteiger partial charge < -0.3 is 19.4 Å². The molecule has 5 aromatic rings. The maximum Gasteiger partial charge on any atom is 0.410 e. The molecule has 14 nitrogen and oxygen atoms in total. The molecular weight excluding hydrogens is 628 g/mol. The highest BCUT2D eigenvalue weighted by Crippen LogP contribution is 2.32. The number of likely N-dealkylation sites (tertiary alicyclic amines) is 2. The van der Waals surface area contributed by atoms with Crippen LogP contribution in [0.3, 0.4) is 0 Å². The lowest BCUT2D eigenvalue weighted by atomic mass is 10.00. The van der Waals surface area contributed by atoms with Gasteiger partial charge in [-0.05, 0) is 64.9 Å². The Bertz CT molecular complexity index is 2020. The molecule has 2 aliphatic heterocycles. The summed E-state index contributed by atoms with van der Waals surface area (Å²) in [5, 5.41) is 9.03. The molecule has 2 atom stereocenters. The molecule has 2 aliphatic rings. The lowest BCUT2D eigenvalue weighted by Gasteiger charge is -2.35. The number of aromatic nitrogens is 6. The van der Waals surface area contributed by atoms with Crippen LogP contribution >= 0.6 is 0 Å². The van der Waals surface area contributed by atoms with Crippen LogP contribution in [0.1, 0.15) is 88.3 Å². The molecule has 0 spiro atoms. The number of aromatic amines is 2. The minimum absolute atomic E-state index is 0.123. The van der Waals surface area contributed by atoms with E-state index in [1.54, 1.807) is 31.2 Å². The lowest BCUT2D eigenvalue weighted by molar-refractivity contribution is 0.00896. The number of rotatable bonds is 4. The molecule has 0 radical (unpaired) electrons. The topological polar surface area (TPSA) is 159 Å². The average Bonchev–Trinajstić information content (AvgIpc) is 3.71. The van der Waals surface area contributed by atoms with Crippen LogP contribution in [-0.2, 0) is 16.1 Å². The zero-order valence-corrected chi connectivity index (χ0v) is 28.0. The van der Waals surface area contributed by atoms with Crippen molar-refractivity contribution in [3.63, 3.8) is 0 Å². The first-order chi connectivity index (χ1) is 23.5. The number of benzene rings is 1. The minimum Gasteiger partial charge on any atom is -0.445 e. The standard InChI is InChI=1S/C19H20N4O3.C16H22N4O3/c24-18-9-11-23-17(20-18)12-15(21-23)16-8-4-5-10-22(16)19(25)26-13-14-6-2-1-3-7-14;1-16(2,3)23-15(22)19-8-5-4-6-12(19)11-10-13-17-14(21)7-9-20(13)18-11/h1-3,6-7,9,11-12,16H,4-5,8,10,13H2,(H,20,24);7,9-10,12H,4-6,8H2,1-3H3,(H,17,21)/t16-;12-/m00/s1. The van der Waals surface area contributed by atoms with E-state index in [1.165, 1.54) is 12.1 Å². The molecule has 0 saturated carbocycles. The number of amides is 2. The van der Waals surface area contributed by atoms with Gasteiger partial charge in [0.1, 0.15) is 23.5 Å². The highest BCUT2D eigenvalue weighted by Gasteiger charge is 2.33. The first-order valence-corrected chi connectivity index (χ1v) is 16.7. The van der Waals surface area contributed by atoms with E-state index in [2.05, 4.69) is 20.2 Å². The van der Waals surface area contributed by atoms with Crippen molar-refractivity contribution in [1.29, 1.82) is 0 Å². The number of hydrogen-bond donors (Lipinski definition) is 2. The molecule has 0 aliphatic carbocycles. The molecule has 7 rings (SSSR count). The molecule has 2 saturated heterocycles. The molecule has 258 valence electrons. The Morgan fingerprint density at radius 1 is 0.755 bits per heavy atom. The molecule has 0 bridgehead atoms. The summed E-state index contributed by atoms with van der Waals surface area (Å²) in [5.41, 5.74) is 2.88. The second-order valence-corrected chi connectivity index (χ2v) is 13.3. The summed E-state index contributed by atoms with van der Waals surface area (Å²) in [6.45, 7) is 7.13. The van der Waals surface area contributed by atoms with Crippen molar-refractivity contribution in [2.45, 2.75) is 83.6 Å². The van der Waals surface area contributed by atoms with Crippen molar-refractivity contribution < 1.29 is 19.1 Å². The number of ether oxygens (including phenoxy) is 2. The number of carbonyl (C=O) groups is 2. The Balaban J connectivity index is 0.000000171. The molecule has 2 fully saturated rings. The van der Waals surface area contributed by atoms with Gasteiger partial charge in [0.05, 0.1) is 23.5 Å². The van der Waals surface area contributed by atoms with Gasteiger partial charge in [0.25, 0.3) is 11.1 Å². The molecule has 14 heteroatoms. The summed E-state index contributed by atoms with van der Waals surface area (Å²) in [5.74, 6) is 0. The SMILES string of the molecule is CC(C)(C)OC(=O)N1CCCC[C@H]1c1cc2[nH]c(=O)ccn2n1.O=C(OCc1ccccc1)N1CCCC[C@H]1c1cc2[nH]c(=O)ccn2n1. The Labute approximate surface area is 282 Å². The maximum absolute atomic E-state index is 12.6. The zero-order chi connectivity index (χ0) is 34.5. The molecule has 4 aromatic heterocycles. The molecule has 1 aromatic carbocycles. The number of nitrogens with zero attached hydrogens (tertiary/aromatic N) is 6. The van der Waals surface area contributed by atoms with Crippen LogP contribution in [0, 0.1) is 0 Å². The summed E-state index contributed by atoms with van der Waals surface area (Å²) >= 11 is 0. The van der Waals surface area contributed by atoms with Crippen LogP contribution in [0.4, 0.5) is 9.59 Å². The van der Waals surface area contributed by atoms with Gasteiger partial charge in [0, 0.05) is 49.7 Å². The monoisotopic (exact) mass is 670 g/mol. The Morgan fingerprint density at radius 3 is 1.78 bits per heavy atom. The van der Waals surface area contributed by atoms with Crippen molar-refractivity contribution in [3.05, 3.63) is 105 Å². The molecular formula is C35H42N8O6. The van der Waals surface area contributed by atoms with Crippen molar-refractivity contribution in [2.75, 3.05) is 13.1 Å². The van der Waals surface area contributed by atoms with Gasteiger partial charge >= 0.3 is 12.2 Å². The second-order valence-electron chi connectivity index (χ2n) is 13.3. The molecule has 6 heterocycles. The maximum atomic E-state index is 12.6. The van der Waals surface area contributed by atoms with E-state index in [0.29, 0.717) is 24.4 Å². The van der Waals surface area contributed by atoms with Gasteiger partial charge in [0.2, 0.25) is 0 Å². The predicted molar refractivity (Wildman–Crippen MR) is 181 cm³/mol. The van der Waals surface area contributed by atoms with Gasteiger partial charge in [-0.15, -0.1) is 0 Å². The van der Waals surface area contributed by atoms with E-state index in [1.807, 2.05) is 63.2 Å². The normalized spacial score (nSPS) is 18.2. The summed E-state index contributed by atoms with van der Waals surface area (Å²) in [4.78, 5) is 57.0. The average molecular weight is 671 g/mol. The Morgan fingerprint density at radius 2 is 1.27 bits per heavy atom. The van der Waals surface area contributed by atoms with Crippen molar-refractivity contribution >= 4 is 23.5 Å². The lowest BCUT2D eigenvalue weighted by Crippen LogP contribution is -2.42. The number of H-pyrrole nitrogens is 2. The molecule has 49 heavy (non-hydrogen) atoms. The van der Waals surface area contributed by atoms with Crippen LogP contribution in [0.5, 0.6) is 0 Å². The van der Waals surface area contributed by atoms with E-state index in [4.69, 9.17) is 9.47 Å². The van der Waals surface area contributed by atoms with Crippen molar-refractivity contribution in [1.82, 2.24) is 39.0 Å². The molecule has 2 amide bonds. The van der Waals surface area contributed by atoms with E-state index in [-0.39, 0.29) is 42.0 Å². The fourth-order valence-corrected chi connectivity index (χ4v) is 6.22. The van der Waals surface area contributed by atoms with Crippen molar-refractivity contribution in [3.8, 4) is 0 Å². The van der Waals surface area contributed by atoms with Gasteiger partial charge in [0.15, 0.2) is 0 Å². The van der Waals surface area contributed by atoms with Crippen LogP contribution in [0.25, 0.3) is 11.3 Å². The third-order valence-corrected chi connectivity index (χ3v) is 8.50. The summed E-state index contributed by atoms with van der Waals surface area (Å²) in [6, 6.07) is 15.9. The van der Waals surface area contributed by atoms with E-state index in [0.717, 1.165) is 55.5 Å². The minimum atomic E-state index is -0.525. The number of piperidine rings is 2. The van der Waals surface area contributed by atoms with Crippen LogP contribution in [0.15, 0.2) is 76.6 Å².